The van der Waals surface area contributed by atoms with Gasteiger partial charge in [-0.15, -0.1) is 0 Å². The van der Waals surface area contributed by atoms with E-state index in [1.807, 2.05) is 33.1 Å². The van der Waals surface area contributed by atoms with Crippen LogP contribution < -0.4 is 4.90 Å². The molecule has 6 rings (SSSR count). The van der Waals surface area contributed by atoms with Crippen LogP contribution >= 0.6 is 0 Å². The standard InChI is InChI=1S/C23H26N8O3S/c1-35(33)31-7-5-29(6-8-31)23(32)20-15-30-14-19(16-3-2-4-18-17(16)13-24-27-18)25-21(22(30)26-20)28-9-11-34-12-10-28/h2-4,13-15H,5-12H2,1H3,(H,24,27). The van der Waals surface area contributed by atoms with E-state index in [1.165, 1.54) is 0 Å². The van der Waals surface area contributed by atoms with Gasteiger partial charge in [0.2, 0.25) is 0 Å². The van der Waals surface area contributed by atoms with Gasteiger partial charge in [0.15, 0.2) is 11.5 Å². The van der Waals surface area contributed by atoms with Crippen LogP contribution in [0.5, 0.6) is 0 Å². The van der Waals surface area contributed by atoms with Crippen LogP contribution in [0.15, 0.2) is 36.8 Å². The van der Waals surface area contributed by atoms with Gasteiger partial charge in [-0.05, 0) is 6.07 Å². The maximum Gasteiger partial charge on any atom is 0.274 e. The number of imidazole rings is 1. The lowest BCUT2D eigenvalue weighted by atomic mass is 10.1. The summed E-state index contributed by atoms with van der Waals surface area (Å²) in [5, 5.41) is 8.18. The molecule has 182 valence electrons. The molecule has 2 aliphatic heterocycles. The first-order valence-electron chi connectivity index (χ1n) is 11.6. The molecule has 0 spiro atoms. The SMILES string of the molecule is CS(=O)N1CCN(C(=O)c2cn3cc(-c4cccc5[nH]ncc45)nc(N4CCOCC4)c3n2)CC1. The molecule has 0 bridgehead atoms. The summed E-state index contributed by atoms with van der Waals surface area (Å²) in [5.74, 6) is 0.609. The summed E-state index contributed by atoms with van der Waals surface area (Å²) in [6.07, 6.45) is 7.17. The molecule has 0 radical (unpaired) electrons. The number of anilines is 1. The zero-order chi connectivity index (χ0) is 23.9. The molecule has 3 aromatic heterocycles. The van der Waals surface area contributed by atoms with Gasteiger partial charge in [-0.1, -0.05) is 12.1 Å². The molecular formula is C23H26N8O3S. The van der Waals surface area contributed by atoms with E-state index in [9.17, 15) is 9.00 Å². The topological polar surface area (TPSA) is 112 Å². The van der Waals surface area contributed by atoms with E-state index in [0.717, 1.165) is 28.0 Å². The average Bonchev–Trinajstić information content (AvgIpc) is 3.55. The van der Waals surface area contributed by atoms with Crippen molar-refractivity contribution in [1.82, 2.24) is 33.8 Å². The summed E-state index contributed by atoms with van der Waals surface area (Å²) in [7, 11) is -1.03. The number of aromatic nitrogens is 5. The molecule has 2 aliphatic rings. The number of nitrogens with zero attached hydrogens (tertiary/aromatic N) is 7. The highest BCUT2D eigenvalue weighted by atomic mass is 32.2. The minimum atomic E-state index is -1.03. The predicted molar refractivity (Wildman–Crippen MR) is 133 cm³/mol. The number of fused-ring (bicyclic) bond motifs is 2. The maximum absolute atomic E-state index is 13.3. The molecule has 35 heavy (non-hydrogen) atoms. The number of rotatable bonds is 4. The van der Waals surface area contributed by atoms with Crippen LogP contribution in [0, 0.1) is 0 Å². The van der Waals surface area contributed by atoms with Gasteiger partial charge in [-0.3, -0.25) is 9.89 Å². The Balaban J connectivity index is 1.41. The van der Waals surface area contributed by atoms with Gasteiger partial charge in [0.25, 0.3) is 5.91 Å². The number of aromatic amines is 1. The summed E-state index contributed by atoms with van der Waals surface area (Å²) in [6, 6.07) is 5.98. The smallest absolute Gasteiger partial charge is 0.274 e. The Morgan fingerprint density at radius 3 is 2.63 bits per heavy atom. The molecule has 2 saturated heterocycles. The molecule has 1 unspecified atom stereocenters. The van der Waals surface area contributed by atoms with Crippen LogP contribution in [-0.4, -0.2) is 103 Å². The summed E-state index contributed by atoms with van der Waals surface area (Å²) in [4.78, 5) is 27.0. The fourth-order valence-corrected chi connectivity index (χ4v) is 5.38. The number of ether oxygens (including phenoxy) is 1. The van der Waals surface area contributed by atoms with E-state index in [1.54, 1.807) is 23.5 Å². The summed E-state index contributed by atoms with van der Waals surface area (Å²) < 4.78 is 21.1. The largest absolute Gasteiger partial charge is 0.378 e. The number of H-pyrrole nitrogens is 1. The molecule has 0 saturated carbocycles. The third-order valence-electron chi connectivity index (χ3n) is 6.60. The number of hydrogen-bond donors (Lipinski definition) is 1. The molecule has 1 amide bonds. The molecule has 2 fully saturated rings. The Bertz CT molecular complexity index is 1420. The first-order chi connectivity index (χ1) is 17.1. The van der Waals surface area contributed by atoms with Crippen LogP contribution in [0.3, 0.4) is 0 Å². The van der Waals surface area contributed by atoms with Crippen LogP contribution in [0.2, 0.25) is 0 Å². The Morgan fingerprint density at radius 2 is 1.86 bits per heavy atom. The highest BCUT2D eigenvalue weighted by Gasteiger charge is 2.27. The highest BCUT2D eigenvalue weighted by molar-refractivity contribution is 7.81. The van der Waals surface area contributed by atoms with Crippen molar-refractivity contribution in [3.8, 4) is 11.3 Å². The normalized spacial score (nSPS) is 18.4. The van der Waals surface area contributed by atoms with Crippen molar-refractivity contribution in [2.24, 2.45) is 0 Å². The second kappa shape index (κ2) is 9.02. The van der Waals surface area contributed by atoms with Crippen molar-refractivity contribution in [3.63, 3.8) is 0 Å². The first-order valence-corrected chi connectivity index (χ1v) is 13.1. The minimum Gasteiger partial charge on any atom is -0.378 e. The van der Waals surface area contributed by atoms with Gasteiger partial charge in [-0.2, -0.15) is 5.10 Å². The number of hydrogen-bond acceptors (Lipinski definition) is 7. The van der Waals surface area contributed by atoms with E-state index in [4.69, 9.17) is 14.7 Å². The zero-order valence-corrected chi connectivity index (χ0v) is 20.2. The van der Waals surface area contributed by atoms with Gasteiger partial charge in [0, 0.05) is 68.9 Å². The monoisotopic (exact) mass is 494 g/mol. The van der Waals surface area contributed by atoms with E-state index in [-0.39, 0.29) is 5.91 Å². The molecule has 4 aromatic rings. The van der Waals surface area contributed by atoms with E-state index < -0.39 is 11.0 Å². The number of carbonyl (C=O) groups excluding carboxylic acids is 1. The first kappa shape index (κ1) is 22.1. The Labute approximate surface area is 204 Å². The lowest BCUT2D eigenvalue weighted by molar-refractivity contribution is 0.0696. The van der Waals surface area contributed by atoms with E-state index in [2.05, 4.69) is 15.1 Å². The van der Waals surface area contributed by atoms with Gasteiger partial charge >= 0.3 is 0 Å². The second-order valence-corrected chi connectivity index (χ2v) is 10.1. The summed E-state index contributed by atoms with van der Waals surface area (Å²) >= 11 is 0. The van der Waals surface area contributed by atoms with E-state index >= 15 is 0 Å². The van der Waals surface area contributed by atoms with Crippen molar-refractivity contribution in [3.05, 3.63) is 42.5 Å². The Kier molecular flexibility index (Phi) is 5.71. The van der Waals surface area contributed by atoms with Gasteiger partial charge in [-0.25, -0.2) is 18.5 Å². The van der Waals surface area contributed by atoms with Crippen LogP contribution in [0.4, 0.5) is 5.82 Å². The lowest BCUT2D eigenvalue weighted by Gasteiger charge is -2.32. The number of piperazine rings is 1. The number of nitrogens with one attached hydrogen (secondary N) is 1. The van der Waals surface area contributed by atoms with Crippen LogP contribution in [-0.2, 0) is 15.7 Å². The van der Waals surface area contributed by atoms with E-state index in [0.29, 0.717) is 63.8 Å². The molecule has 1 aromatic carbocycles. The quantitative estimate of drug-likeness (QED) is 0.453. The molecule has 1 atom stereocenters. The minimum absolute atomic E-state index is 0.123. The lowest BCUT2D eigenvalue weighted by Crippen LogP contribution is -2.49. The third-order valence-corrected chi connectivity index (χ3v) is 7.69. The van der Waals surface area contributed by atoms with Crippen LogP contribution in [0.1, 0.15) is 10.5 Å². The predicted octanol–water partition coefficient (Wildman–Crippen LogP) is 1.16. The molecule has 12 heteroatoms. The highest BCUT2D eigenvalue weighted by Crippen LogP contribution is 2.30. The molecule has 1 N–H and O–H groups in total. The summed E-state index contributed by atoms with van der Waals surface area (Å²) in [5.41, 5.74) is 3.70. The Hall–Kier alpha value is -3.35. The second-order valence-electron chi connectivity index (χ2n) is 8.69. The third kappa shape index (κ3) is 4.07. The number of benzene rings is 1. The zero-order valence-electron chi connectivity index (χ0n) is 19.4. The molecule has 0 aliphatic carbocycles. The van der Waals surface area contributed by atoms with Crippen molar-refractivity contribution in [2.45, 2.75) is 0 Å². The molecular weight excluding hydrogens is 468 g/mol. The van der Waals surface area contributed by atoms with Gasteiger partial charge in [0.05, 0.1) is 41.6 Å². The average molecular weight is 495 g/mol. The fourth-order valence-electron chi connectivity index (χ4n) is 4.70. The molecule has 11 nitrogen and oxygen atoms in total. The summed E-state index contributed by atoms with van der Waals surface area (Å²) in [6.45, 7) is 4.85. The van der Waals surface area contributed by atoms with Crippen LogP contribution in [0.25, 0.3) is 27.8 Å². The molecule has 5 heterocycles. The number of amides is 1. The van der Waals surface area contributed by atoms with Crippen molar-refractivity contribution < 1.29 is 13.7 Å². The van der Waals surface area contributed by atoms with Gasteiger partial charge in [0.1, 0.15) is 5.69 Å². The van der Waals surface area contributed by atoms with Crippen molar-refractivity contribution in [1.29, 1.82) is 0 Å². The fraction of sp³-hybridized carbons (Fsp3) is 0.391. The number of carbonyl (C=O) groups is 1. The number of morpholine rings is 1. The maximum atomic E-state index is 13.3. The van der Waals surface area contributed by atoms with Gasteiger partial charge < -0.3 is 18.9 Å². The Morgan fingerprint density at radius 1 is 1.06 bits per heavy atom. The van der Waals surface area contributed by atoms with Crippen molar-refractivity contribution in [2.75, 3.05) is 63.6 Å². The van der Waals surface area contributed by atoms with Crippen molar-refractivity contribution >= 4 is 39.3 Å².